The molecule has 176 valence electrons. The van der Waals surface area contributed by atoms with Crippen molar-refractivity contribution in [3.05, 3.63) is 64.7 Å². The van der Waals surface area contributed by atoms with E-state index < -0.39 is 5.60 Å². The van der Waals surface area contributed by atoms with Gasteiger partial charge in [0.1, 0.15) is 11.4 Å². The predicted octanol–water partition coefficient (Wildman–Crippen LogP) is 6.30. The number of methoxy groups -OCH3 is 1. The predicted molar refractivity (Wildman–Crippen MR) is 144 cm³/mol. The van der Waals surface area contributed by atoms with Gasteiger partial charge in [-0.2, -0.15) is 5.10 Å². The van der Waals surface area contributed by atoms with Crippen LogP contribution in [0.5, 0.6) is 5.75 Å². The first kappa shape index (κ1) is 23.9. The summed E-state index contributed by atoms with van der Waals surface area (Å²) in [6.07, 6.45) is 8.41. The van der Waals surface area contributed by atoms with Crippen molar-refractivity contribution in [2.75, 3.05) is 12.4 Å². The molecular formula is C25H23Br3N4O2. The van der Waals surface area contributed by atoms with Gasteiger partial charge in [0.25, 0.3) is 0 Å². The van der Waals surface area contributed by atoms with E-state index in [9.17, 15) is 5.11 Å². The minimum atomic E-state index is -0.944. The maximum atomic E-state index is 11.6. The topological polar surface area (TPSA) is 72.5 Å². The zero-order valence-electron chi connectivity index (χ0n) is 18.5. The lowest BCUT2D eigenvalue weighted by Crippen LogP contribution is -2.35. The highest BCUT2D eigenvalue weighted by Crippen LogP contribution is 2.43. The van der Waals surface area contributed by atoms with Crippen molar-refractivity contribution >= 4 is 53.4 Å². The number of ether oxygens (including phenoxy) is 1. The van der Waals surface area contributed by atoms with Gasteiger partial charge in [0.15, 0.2) is 5.65 Å². The smallest absolute Gasteiger partial charge is 0.163 e. The molecule has 9 heteroatoms. The summed E-state index contributed by atoms with van der Waals surface area (Å²) in [5.74, 6) is 0.739. The van der Waals surface area contributed by atoms with Gasteiger partial charge in [0, 0.05) is 39.9 Å². The summed E-state index contributed by atoms with van der Waals surface area (Å²) >= 11 is 10.7. The first-order valence-corrected chi connectivity index (χ1v) is 13.9. The van der Waals surface area contributed by atoms with E-state index in [-0.39, 0.29) is 4.83 Å². The molecule has 3 aromatic heterocycles. The largest absolute Gasteiger partial charge is 0.496 e. The van der Waals surface area contributed by atoms with Gasteiger partial charge in [-0.15, -0.1) is 0 Å². The van der Waals surface area contributed by atoms with Crippen LogP contribution in [0, 0.1) is 0 Å². The van der Waals surface area contributed by atoms with Crippen LogP contribution in [-0.2, 0) is 12.0 Å². The molecule has 2 unspecified atom stereocenters. The molecule has 0 fully saturated rings. The molecule has 5 rings (SSSR count). The number of aliphatic hydroxyl groups is 1. The number of alkyl halides is 2. The van der Waals surface area contributed by atoms with E-state index in [0.717, 1.165) is 67.7 Å². The highest BCUT2D eigenvalue weighted by Gasteiger charge is 2.38. The second-order valence-corrected chi connectivity index (χ2v) is 11.3. The van der Waals surface area contributed by atoms with Gasteiger partial charge in [-0.25, -0.2) is 9.50 Å². The number of halogens is 3. The van der Waals surface area contributed by atoms with E-state index >= 15 is 0 Å². The average Bonchev–Trinajstić information content (AvgIpc) is 3.25. The maximum absolute atomic E-state index is 11.6. The van der Waals surface area contributed by atoms with Gasteiger partial charge >= 0.3 is 0 Å². The van der Waals surface area contributed by atoms with E-state index in [0.29, 0.717) is 12.8 Å². The number of aryl methyl sites for hydroxylation is 1. The van der Waals surface area contributed by atoms with Crippen LogP contribution in [0.1, 0.15) is 30.5 Å². The fourth-order valence-electron chi connectivity index (χ4n) is 4.77. The second kappa shape index (κ2) is 9.68. The molecular weight excluding hydrogens is 628 g/mol. The number of benzene rings is 1. The van der Waals surface area contributed by atoms with Crippen LogP contribution in [-0.4, -0.2) is 42.0 Å². The number of aromatic nitrogens is 4. The van der Waals surface area contributed by atoms with Gasteiger partial charge in [-0.3, -0.25) is 4.98 Å². The Hall–Kier alpha value is -1.81. The summed E-state index contributed by atoms with van der Waals surface area (Å²) in [7, 11) is 1.66. The Balaban J connectivity index is 1.77. The maximum Gasteiger partial charge on any atom is 0.163 e. The van der Waals surface area contributed by atoms with Gasteiger partial charge in [-0.05, 0) is 71.4 Å². The van der Waals surface area contributed by atoms with E-state index in [1.807, 2.05) is 41.0 Å². The number of hydrogen-bond acceptors (Lipinski definition) is 5. The first-order chi connectivity index (χ1) is 16.4. The summed E-state index contributed by atoms with van der Waals surface area (Å²) < 4.78 is 8.37. The van der Waals surface area contributed by atoms with Crippen molar-refractivity contribution in [2.24, 2.45) is 0 Å². The molecule has 0 saturated heterocycles. The van der Waals surface area contributed by atoms with Crippen molar-refractivity contribution in [2.45, 2.75) is 36.1 Å². The van der Waals surface area contributed by atoms with Crippen LogP contribution in [0.3, 0.4) is 0 Å². The fourth-order valence-corrected chi connectivity index (χ4v) is 5.94. The summed E-state index contributed by atoms with van der Waals surface area (Å²) in [6.45, 7) is 0. The fraction of sp³-hybridized carbons (Fsp3) is 0.320. The van der Waals surface area contributed by atoms with E-state index in [2.05, 4.69) is 52.8 Å². The van der Waals surface area contributed by atoms with Crippen LogP contribution >= 0.6 is 47.8 Å². The van der Waals surface area contributed by atoms with Crippen molar-refractivity contribution in [1.29, 1.82) is 0 Å². The van der Waals surface area contributed by atoms with Crippen LogP contribution in [0.25, 0.3) is 28.0 Å². The molecule has 34 heavy (non-hydrogen) atoms. The Labute approximate surface area is 223 Å². The lowest BCUT2D eigenvalue weighted by atomic mass is 9.79. The van der Waals surface area contributed by atoms with Crippen molar-refractivity contribution in [3.8, 4) is 28.1 Å². The molecule has 0 amide bonds. The Bertz CT molecular complexity index is 1350. The quantitative estimate of drug-likeness (QED) is 0.248. The number of rotatable bonds is 6. The average molecular weight is 651 g/mol. The van der Waals surface area contributed by atoms with Crippen molar-refractivity contribution < 1.29 is 9.84 Å². The monoisotopic (exact) mass is 648 g/mol. The number of hydrogen-bond donors (Lipinski definition) is 1. The van der Waals surface area contributed by atoms with Gasteiger partial charge < -0.3 is 9.84 Å². The van der Waals surface area contributed by atoms with Gasteiger partial charge in [0.05, 0.1) is 28.4 Å². The Kier molecular flexibility index (Phi) is 6.81. The van der Waals surface area contributed by atoms with Crippen LogP contribution in [0.2, 0.25) is 0 Å². The lowest BCUT2D eigenvalue weighted by molar-refractivity contribution is 0.0101. The SMILES string of the molecule is COc1cc(-c2c(-c3ccncc3)nn3c4c(cnc23)C(O)(CC(Br)CBr)CCC4)ccc1Br. The standard InChI is InChI=1S/C25H23Br3N4O2/c1-34-21-11-16(4-5-19(21)28)22-23(15-6-9-29-10-7-15)31-32-20-3-2-8-25(33,12-17(27)13-26)18(20)14-30-24(22)32/h4-7,9-11,14,17,33H,2-3,8,12-13H2,1H3. The van der Waals surface area contributed by atoms with Gasteiger partial charge in [-0.1, -0.05) is 37.9 Å². The molecule has 1 aromatic carbocycles. The molecule has 1 N–H and O–H groups in total. The minimum Gasteiger partial charge on any atom is -0.496 e. The molecule has 0 saturated carbocycles. The van der Waals surface area contributed by atoms with E-state index in [4.69, 9.17) is 14.8 Å². The highest BCUT2D eigenvalue weighted by molar-refractivity contribution is 9.12. The minimum absolute atomic E-state index is 0.162. The molecule has 0 bridgehead atoms. The highest BCUT2D eigenvalue weighted by atomic mass is 79.9. The molecule has 2 atom stereocenters. The molecule has 0 aliphatic heterocycles. The Morgan fingerprint density at radius 1 is 1.21 bits per heavy atom. The Morgan fingerprint density at radius 2 is 2.00 bits per heavy atom. The summed E-state index contributed by atoms with van der Waals surface area (Å²) in [4.78, 5) is 9.20. The van der Waals surface area contributed by atoms with E-state index in [1.165, 1.54) is 0 Å². The van der Waals surface area contributed by atoms with Crippen LogP contribution < -0.4 is 4.74 Å². The number of nitrogens with zero attached hydrogens (tertiary/aromatic N) is 4. The molecule has 0 radical (unpaired) electrons. The summed E-state index contributed by atoms with van der Waals surface area (Å²) in [6, 6.07) is 9.92. The molecule has 4 aromatic rings. The Morgan fingerprint density at radius 3 is 2.74 bits per heavy atom. The molecule has 6 nitrogen and oxygen atoms in total. The van der Waals surface area contributed by atoms with E-state index in [1.54, 1.807) is 19.5 Å². The van der Waals surface area contributed by atoms with Crippen LogP contribution in [0.15, 0.2) is 53.4 Å². The molecule has 3 heterocycles. The van der Waals surface area contributed by atoms with Crippen molar-refractivity contribution in [1.82, 2.24) is 19.6 Å². The molecule has 0 spiro atoms. The summed E-state index contributed by atoms with van der Waals surface area (Å²) in [5.41, 5.74) is 5.35. The van der Waals surface area contributed by atoms with Crippen molar-refractivity contribution in [3.63, 3.8) is 0 Å². The molecule has 1 aliphatic carbocycles. The normalized spacial score (nSPS) is 18.6. The zero-order valence-corrected chi connectivity index (χ0v) is 23.3. The third kappa shape index (κ3) is 4.21. The number of pyridine rings is 1. The first-order valence-electron chi connectivity index (χ1n) is 11.0. The molecule has 1 aliphatic rings. The van der Waals surface area contributed by atoms with Gasteiger partial charge in [0.2, 0.25) is 0 Å². The summed E-state index contributed by atoms with van der Waals surface area (Å²) in [5, 5.41) is 17.5. The number of fused-ring (bicyclic) bond motifs is 3. The third-order valence-corrected chi connectivity index (χ3v) is 9.32. The lowest BCUT2D eigenvalue weighted by Gasteiger charge is -2.35. The third-order valence-electron chi connectivity index (χ3n) is 6.37. The zero-order chi connectivity index (χ0) is 23.9. The van der Waals surface area contributed by atoms with Crippen LogP contribution in [0.4, 0.5) is 0 Å². The second-order valence-electron chi connectivity index (χ2n) is 8.50.